The van der Waals surface area contributed by atoms with Crippen molar-refractivity contribution in [1.29, 1.82) is 0 Å². The Morgan fingerprint density at radius 2 is 2.03 bits per heavy atom. The lowest BCUT2D eigenvalue weighted by Gasteiger charge is -2.37. The monoisotopic (exact) mass is 409 g/mol. The summed E-state index contributed by atoms with van der Waals surface area (Å²) in [5, 5.41) is 3.67. The van der Waals surface area contributed by atoms with Gasteiger partial charge in [-0.2, -0.15) is 0 Å². The van der Waals surface area contributed by atoms with Crippen LogP contribution in [0, 0.1) is 0 Å². The first-order valence-corrected chi connectivity index (χ1v) is 10.6. The summed E-state index contributed by atoms with van der Waals surface area (Å²) in [6.07, 6.45) is 5.05. The summed E-state index contributed by atoms with van der Waals surface area (Å²) in [5.74, 6) is 2.19. The lowest BCUT2D eigenvalue weighted by Crippen LogP contribution is -2.32. The van der Waals surface area contributed by atoms with Crippen molar-refractivity contribution in [2.24, 2.45) is 0 Å². The van der Waals surface area contributed by atoms with Gasteiger partial charge >= 0.3 is 0 Å². The molecule has 1 atom stereocenters. The third-order valence-corrected chi connectivity index (χ3v) is 6.11. The summed E-state index contributed by atoms with van der Waals surface area (Å²) in [6.45, 7) is 8.61. The van der Waals surface area contributed by atoms with Gasteiger partial charge in [0.25, 0.3) is 0 Å². The van der Waals surface area contributed by atoms with E-state index in [1.807, 2.05) is 25.1 Å². The number of methoxy groups -OCH3 is 1. The van der Waals surface area contributed by atoms with Crippen molar-refractivity contribution in [2.45, 2.75) is 45.8 Å². The second-order valence-corrected chi connectivity index (χ2v) is 8.62. The highest BCUT2D eigenvalue weighted by atomic mass is 35.5. The second-order valence-electron chi connectivity index (χ2n) is 8.35. The Kier molecular flexibility index (Phi) is 5.12. The van der Waals surface area contributed by atoms with Crippen molar-refractivity contribution >= 4 is 22.9 Å². The van der Waals surface area contributed by atoms with E-state index in [4.69, 9.17) is 21.1 Å². The Hall–Kier alpha value is -2.39. The van der Waals surface area contributed by atoms with Gasteiger partial charge in [-0.05, 0) is 57.0 Å². The molecule has 1 N–H and O–H groups in total. The average molecular weight is 410 g/mol. The number of benzene rings is 2. The number of allylic oxidation sites excluding steroid dienone is 2. The van der Waals surface area contributed by atoms with E-state index in [1.165, 1.54) is 27.8 Å². The Bertz CT molecular complexity index is 1020. The molecular weight excluding hydrogens is 382 g/mol. The van der Waals surface area contributed by atoms with Gasteiger partial charge in [0.2, 0.25) is 0 Å². The molecule has 4 heteroatoms. The molecule has 2 aromatic carbocycles. The van der Waals surface area contributed by atoms with Crippen LogP contribution in [0.15, 0.2) is 48.1 Å². The van der Waals surface area contributed by atoms with E-state index in [2.05, 4.69) is 50.4 Å². The molecule has 0 aromatic heterocycles. The minimum absolute atomic E-state index is 0.0867. The average Bonchev–Trinajstić information content (AvgIpc) is 2.69. The zero-order valence-electron chi connectivity index (χ0n) is 17.7. The molecule has 1 unspecified atom stereocenters. The summed E-state index contributed by atoms with van der Waals surface area (Å²) in [6, 6.07) is 10.4. The maximum atomic E-state index is 6.57. The molecule has 2 heterocycles. The van der Waals surface area contributed by atoms with E-state index in [-0.39, 0.29) is 11.6 Å². The van der Waals surface area contributed by atoms with Crippen LogP contribution in [-0.2, 0) is 0 Å². The lowest BCUT2D eigenvalue weighted by atomic mass is 9.80. The van der Waals surface area contributed by atoms with Crippen molar-refractivity contribution in [3.63, 3.8) is 0 Å². The number of ether oxygens (including phenoxy) is 2. The number of hydrogen-bond donors (Lipinski definition) is 1. The van der Waals surface area contributed by atoms with Crippen LogP contribution >= 0.6 is 11.6 Å². The highest BCUT2D eigenvalue weighted by Gasteiger charge is 2.35. The number of halogens is 1. The van der Waals surface area contributed by atoms with Crippen LogP contribution in [0.1, 0.15) is 51.3 Å². The van der Waals surface area contributed by atoms with Crippen LogP contribution in [-0.4, -0.2) is 18.5 Å². The Labute approximate surface area is 178 Å². The summed E-state index contributed by atoms with van der Waals surface area (Å²) in [7, 11) is 1.71. The van der Waals surface area contributed by atoms with Crippen molar-refractivity contribution < 1.29 is 9.47 Å². The molecule has 0 saturated carbocycles. The summed E-state index contributed by atoms with van der Waals surface area (Å²) in [4.78, 5) is 0. The lowest BCUT2D eigenvalue weighted by molar-refractivity contribution is 0.201. The van der Waals surface area contributed by atoms with E-state index < -0.39 is 0 Å². The number of alkyl halides is 1. The molecule has 0 amide bonds. The van der Waals surface area contributed by atoms with Gasteiger partial charge in [-0.3, -0.25) is 0 Å². The number of hydrogen-bond acceptors (Lipinski definition) is 3. The van der Waals surface area contributed by atoms with E-state index in [1.54, 1.807) is 7.11 Å². The minimum atomic E-state index is -0.101. The van der Waals surface area contributed by atoms with Crippen LogP contribution in [0.2, 0.25) is 0 Å². The maximum Gasteiger partial charge on any atom is 0.131 e. The molecule has 2 aliphatic rings. The van der Waals surface area contributed by atoms with Gasteiger partial charge < -0.3 is 14.8 Å². The van der Waals surface area contributed by atoms with Crippen molar-refractivity contribution in [1.82, 2.24) is 0 Å². The third-order valence-electron chi connectivity index (χ3n) is 5.77. The number of nitrogens with one attached hydrogen (secondary N) is 1. The first kappa shape index (κ1) is 19.9. The standard InChI is InChI=1S/C25H28ClNO2/c1-6-16(14-26)12-21-24-17(23-19(28-5)8-7-9-20(23)29-21)10-11-18-22(24)15(2)13-25(3,4)27-18/h6-11,13,21,27H,12,14H2,1-5H3/b16-6-. The second kappa shape index (κ2) is 7.46. The normalized spacial score (nSPS) is 19.2. The van der Waals surface area contributed by atoms with Crippen molar-refractivity contribution in [3.8, 4) is 22.6 Å². The SMILES string of the molecule is C/C=C(\CCl)CC1Oc2cccc(OC)c2-c2ccc3c(c21)C(C)=CC(C)(C)N3. The van der Waals surface area contributed by atoms with Gasteiger partial charge in [-0.15, -0.1) is 11.6 Å². The van der Waals surface area contributed by atoms with Gasteiger partial charge in [0.05, 0.1) is 18.2 Å². The molecule has 0 radical (unpaired) electrons. The molecule has 3 nitrogen and oxygen atoms in total. The fourth-order valence-corrected chi connectivity index (χ4v) is 4.85. The van der Waals surface area contributed by atoms with Crippen LogP contribution < -0.4 is 14.8 Å². The summed E-state index contributed by atoms with van der Waals surface area (Å²) in [5.41, 5.74) is 8.14. The van der Waals surface area contributed by atoms with Crippen LogP contribution in [0.4, 0.5) is 5.69 Å². The minimum Gasteiger partial charge on any atom is -0.496 e. The van der Waals surface area contributed by atoms with E-state index in [0.717, 1.165) is 29.2 Å². The van der Waals surface area contributed by atoms with Gasteiger partial charge in [-0.1, -0.05) is 29.9 Å². The number of rotatable bonds is 4. The number of anilines is 1. The molecule has 2 aliphatic heterocycles. The molecule has 0 aliphatic carbocycles. The van der Waals surface area contributed by atoms with E-state index in [0.29, 0.717) is 5.88 Å². The molecule has 0 spiro atoms. The topological polar surface area (TPSA) is 30.5 Å². The highest BCUT2D eigenvalue weighted by molar-refractivity contribution is 6.19. The molecular formula is C25H28ClNO2. The van der Waals surface area contributed by atoms with Crippen LogP contribution in [0.5, 0.6) is 11.5 Å². The molecule has 0 saturated heterocycles. The predicted octanol–water partition coefficient (Wildman–Crippen LogP) is 6.98. The van der Waals surface area contributed by atoms with Gasteiger partial charge in [0.1, 0.15) is 17.6 Å². The molecule has 0 fully saturated rings. The fourth-order valence-electron chi connectivity index (χ4n) is 4.59. The van der Waals surface area contributed by atoms with Crippen molar-refractivity contribution in [2.75, 3.05) is 18.3 Å². The first-order valence-electron chi connectivity index (χ1n) is 10.1. The summed E-state index contributed by atoms with van der Waals surface area (Å²) >= 11 is 6.20. The predicted molar refractivity (Wildman–Crippen MR) is 122 cm³/mol. The molecule has 29 heavy (non-hydrogen) atoms. The number of fused-ring (bicyclic) bond motifs is 5. The highest BCUT2D eigenvalue weighted by Crippen LogP contribution is 2.52. The third kappa shape index (κ3) is 3.42. The van der Waals surface area contributed by atoms with Crippen molar-refractivity contribution in [3.05, 3.63) is 59.2 Å². The smallest absolute Gasteiger partial charge is 0.131 e. The van der Waals surface area contributed by atoms with Crippen LogP contribution in [0.25, 0.3) is 16.7 Å². The molecule has 0 bridgehead atoms. The summed E-state index contributed by atoms with van der Waals surface area (Å²) < 4.78 is 12.3. The van der Waals surface area contributed by atoms with E-state index in [9.17, 15) is 0 Å². The van der Waals surface area contributed by atoms with Gasteiger partial charge in [-0.25, -0.2) is 0 Å². The van der Waals surface area contributed by atoms with Gasteiger partial charge in [0.15, 0.2) is 0 Å². The Morgan fingerprint density at radius 1 is 1.24 bits per heavy atom. The zero-order chi connectivity index (χ0) is 20.8. The molecule has 2 aromatic rings. The Balaban J connectivity index is 1.98. The molecule has 152 valence electrons. The fraction of sp³-hybridized carbons (Fsp3) is 0.360. The maximum absolute atomic E-state index is 6.57. The van der Waals surface area contributed by atoms with Crippen LogP contribution in [0.3, 0.4) is 0 Å². The quantitative estimate of drug-likeness (QED) is 0.436. The van der Waals surface area contributed by atoms with E-state index >= 15 is 0 Å². The largest absolute Gasteiger partial charge is 0.496 e. The Morgan fingerprint density at radius 3 is 2.72 bits per heavy atom. The first-order chi connectivity index (χ1) is 13.9. The molecule has 4 rings (SSSR count). The van der Waals surface area contributed by atoms with Gasteiger partial charge in [0, 0.05) is 29.1 Å². The zero-order valence-corrected chi connectivity index (χ0v) is 18.5.